The van der Waals surface area contributed by atoms with Crippen molar-refractivity contribution < 1.29 is 14.3 Å². The number of amides is 2. The van der Waals surface area contributed by atoms with Gasteiger partial charge in [-0.15, -0.1) is 11.3 Å². The maximum Gasteiger partial charge on any atom is 0.258 e. The molecule has 6 nitrogen and oxygen atoms in total. The number of fused-ring (bicyclic) bond motifs is 1. The molecule has 4 rings (SSSR count). The number of hydrogen-bond donors (Lipinski definition) is 2. The lowest BCUT2D eigenvalue weighted by Gasteiger charge is -2.33. The zero-order valence-electron chi connectivity index (χ0n) is 20.8. The van der Waals surface area contributed by atoms with Crippen LogP contribution in [0.3, 0.4) is 0 Å². The topological polar surface area (TPSA) is 70.7 Å². The van der Waals surface area contributed by atoms with Crippen LogP contribution in [0.1, 0.15) is 60.5 Å². The van der Waals surface area contributed by atoms with Crippen molar-refractivity contribution in [1.82, 2.24) is 4.90 Å². The van der Waals surface area contributed by atoms with Crippen LogP contribution in [0.2, 0.25) is 0 Å². The van der Waals surface area contributed by atoms with Gasteiger partial charge < -0.3 is 15.4 Å². The molecule has 2 aliphatic rings. The quantitative estimate of drug-likeness (QED) is 0.608. The molecule has 0 bridgehead atoms. The number of rotatable bonds is 6. The minimum atomic E-state index is -0.130. The van der Waals surface area contributed by atoms with Crippen molar-refractivity contribution in [3.63, 3.8) is 0 Å². The van der Waals surface area contributed by atoms with Crippen molar-refractivity contribution >= 4 is 33.8 Å². The summed E-state index contributed by atoms with van der Waals surface area (Å²) in [5.74, 6) is 0.359. The van der Waals surface area contributed by atoms with E-state index < -0.39 is 0 Å². The van der Waals surface area contributed by atoms with E-state index in [9.17, 15) is 9.59 Å². The number of carbonyl (C=O) groups is 2. The molecular weight excluding hydrogens is 446 g/mol. The fourth-order valence-corrected chi connectivity index (χ4v) is 6.26. The zero-order chi connectivity index (χ0) is 24.3. The molecule has 1 fully saturated rings. The van der Waals surface area contributed by atoms with Gasteiger partial charge in [-0.3, -0.25) is 14.5 Å². The minimum Gasteiger partial charge on any atom is -0.379 e. The number of thiophene rings is 1. The van der Waals surface area contributed by atoms with Crippen LogP contribution >= 0.6 is 11.3 Å². The molecule has 7 heteroatoms. The first-order valence-electron chi connectivity index (χ1n) is 12.4. The molecule has 2 N–H and O–H groups in total. The molecule has 0 unspecified atom stereocenters. The summed E-state index contributed by atoms with van der Waals surface area (Å²) < 4.78 is 5.39. The molecule has 0 saturated carbocycles. The highest BCUT2D eigenvalue weighted by atomic mass is 32.1. The number of aryl methyl sites for hydroxylation is 1. The molecule has 0 radical (unpaired) electrons. The van der Waals surface area contributed by atoms with Crippen molar-refractivity contribution in [3.05, 3.63) is 45.8 Å². The number of para-hydroxylation sites is 1. The van der Waals surface area contributed by atoms with E-state index >= 15 is 0 Å². The minimum absolute atomic E-state index is 0.0733. The normalized spacial score (nSPS) is 18.9. The number of nitrogens with zero attached hydrogens (tertiary/aromatic N) is 1. The van der Waals surface area contributed by atoms with Crippen LogP contribution in [0, 0.1) is 11.3 Å². The summed E-state index contributed by atoms with van der Waals surface area (Å²) in [6.07, 6.45) is 3.72. The van der Waals surface area contributed by atoms with Gasteiger partial charge in [-0.25, -0.2) is 0 Å². The zero-order valence-corrected chi connectivity index (χ0v) is 21.6. The Morgan fingerprint density at radius 1 is 1.15 bits per heavy atom. The second kappa shape index (κ2) is 10.6. The number of carbonyl (C=O) groups excluding carboxylic acids is 2. The van der Waals surface area contributed by atoms with Crippen LogP contribution in [0.15, 0.2) is 24.3 Å². The van der Waals surface area contributed by atoms with Crippen LogP contribution in [0.4, 0.5) is 10.7 Å². The van der Waals surface area contributed by atoms with E-state index in [4.69, 9.17) is 4.74 Å². The highest BCUT2D eigenvalue weighted by molar-refractivity contribution is 7.17. The van der Waals surface area contributed by atoms with Crippen LogP contribution < -0.4 is 10.6 Å². The summed E-state index contributed by atoms with van der Waals surface area (Å²) in [5, 5.41) is 6.92. The van der Waals surface area contributed by atoms with Crippen LogP contribution in [0.5, 0.6) is 0 Å². The predicted octanol–water partition coefficient (Wildman–Crippen LogP) is 4.98. The molecule has 1 aliphatic carbocycles. The third-order valence-corrected chi connectivity index (χ3v) is 8.26. The average Bonchev–Trinajstić information content (AvgIpc) is 3.16. The number of benzene rings is 1. The van der Waals surface area contributed by atoms with E-state index in [0.717, 1.165) is 55.6 Å². The van der Waals surface area contributed by atoms with E-state index in [-0.39, 0.29) is 17.2 Å². The predicted molar refractivity (Wildman–Crippen MR) is 139 cm³/mol. The van der Waals surface area contributed by atoms with Crippen molar-refractivity contribution in [2.45, 2.75) is 53.4 Å². The van der Waals surface area contributed by atoms with Crippen molar-refractivity contribution in [2.75, 3.05) is 43.5 Å². The number of ether oxygens (including phenoxy) is 1. The van der Waals surface area contributed by atoms with Gasteiger partial charge >= 0.3 is 0 Å². The van der Waals surface area contributed by atoms with E-state index in [0.29, 0.717) is 36.2 Å². The van der Waals surface area contributed by atoms with Gasteiger partial charge in [-0.1, -0.05) is 45.9 Å². The van der Waals surface area contributed by atoms with Crippen molar-refractivity contribution in [1.29, 1.82) is 0 Å². The van der Waals surface area contributed by atoms with Crippen molar-refractivity contribution in [3.8, 4) is 0 Å². The molecule has 1 atom stereocenters. The Balaban J connectivity index is 1.61. The largest absolute Gasteiger partial charge is 0.379 e. The molecule has 34 heavy (non-hydrogen) atoms. The number of hydrogen-bond acceptors (Lipinski definition) is 5. The van der Waals surface area contributed by atoms with E-state index in [1.807, 2.05) is 24.3 Å². The summed E-state index contributed by atoms with van der Waals surface area (Å²) in [7, 11) is 0. The lowest BCUT2D eigenvalue weighted by molar-refractivity contribution is -0.118. The first kappa shape index (κ1) is 24.9. The van der Waals surface area contributed by atoms with Crippen LogP contribution in [-0.2, 0) is 28.8 Å². The van der Waals surface area contributed by atoms with Crippen LogP contribution in [0.25, 0.3) is 0 Å². The monoisotopic (exact) mass is 483 g/mol. The summed E-state index contributed by atoms with van der Waals surface area (Å²) in [5.41, 5.74) is 3.91. The molecule has 1 aromatic heterocycles. The summed E-state index contributed by atoms with van der Waals surface area (Å²) >= 11 is 1.59. The van der Waals surface area contributed by atoms with Gasteiger partial charge in [-0.05, 0) is 54.2 Å². The van der Waals surface area contributed by atoms with Gasteiger partial charge in [-0.2, -0.15) is 0 Å². The van der Waals surface area contributed by atoms with Crippen LogP contribution in [-0.4, -0.2) is 49.6 Å². The Labute approximate surface area is 207 Å². The van der Waals surface area contributed by atoms with Crippen molar-refractivity contribution in [2.24, 2.45) is 11.3 Å². The van der Waals surface area contributed by atoms with Gasteiger partial charge in [0, 0.05) is 23.7 Å². The second-order valence-electron chi connectivity index (χ2n) is 10.4. The fraction of sp³-hybridized carbons (Fsp3) is 0.556. The molecular formula is C27H37N3O3S. The molecule has 1 aliphatic heterocycles. The molecule has 0 spiro atoms. The Hall–Kier alpha value is -2.22. The van der Waals surface area contributed by atoms with Gasteiger partial charge in [0.25, 0.3) is 5.91 Å². The molecule has 1 aromatic carbocycles. The number of morpholine rings is 1. The van der Waals surface area contributed by atoms with E-state index in [1.54, 1.807) is 11.3 Å². The molecule has 184 valence electrons. The number of nitrogens with one attached hydrogen (secondary N) is 2. The Bertz CT molecular complexity index is 1030. The third-order valence-electron chi connectivity index (χ3n) is 7.09. The highest BCUT2D eigenvalue weighted by Gasteiger charge is 2.34. The SMILES string of the molecule is CCc1ccccc1NC(=O)c1c(NC(=O)CN2CCOCC2)sc2c1CC[C@@H](C(C)(C)C)C2. The smallest absolute Gasteiger partial charge is 0.258 e. The number of anilines is 2. The maximum atomic E-state index is 13.6. The molecule has 1 saturated heterocycles. The van der Waals surface area contributed by atoms with Gasteiger partial charge in [0.1, 0.15) is 5.00 Å². The molecule has 2 heterocycles. The first-order chi connectivity index (χ1) is 16.3. The van der Waals surface area contributed by atoms with E-state index in [1.165, 1.54) is 4.88 Å². The second-order valence-corrected chi connectivity index (χ2v) is 11.5. The molecule has 2 amide bonds. The average molecular weight is 484 g/mol. The van der Waals surface area contributed by atoms with Gasteiger partial charge in [0.05, 0.1) is 25.3 Å². The summed E-state index contributed by atoms with van der Waals surface area (Å²) in [6.45, 7) is 12.1. The lowest BCUT2D eigenvalue weighted by atomic mass is 9.72. The fourth-order valence-electron chi connectivity index (χ4n) is 4.92. The maximum absolute atomic E-state index is 13.6. The standard InChI is InChI=1S/C27H37N3O3S/c1-5-18-8-6-7-9-21(18)28-25(32)24-20-11-10-19(27(2,3)4)16-22(20)34-26(24)29-23(31)17-30-12-14-33-15-13-30/h6-9,19H,5,10-17H2,1-4H3,(H,28,32)(H,29,31)/t19-/m1/s1. The lowest BCUT2D eigenvalue weighted by Crippen LogP contribution is -2.41. The Morgan fingerprint density at radius 3 is 2.59 bits per heavy atom. The first-order valence-corrected chi connectivity index (χ1v) is 13.2. The Kier molecular flexibility index (Phi) is 7.75. The Morgan fingerprint density at radius 2 is 1.88 bits per heavy atom. The molecule has 2 aromatic rings. The van der Waals surface area contributed by atoms with Gasteiger partial charge in [0.2, 0.25) is 5.91 Å². The summed E-state index contributed by atoms with van der Waals surface area (Å²) in [6, 6.07) is 7.92. The highest BCUT2D eigenvalue weighted by Crippen LogP contribution is 2.44. The summed E-state index contributed by atoms with van der Waals surface area (Å²) in [4.78, 5) is 29.9. The van der Waals surface area contributed by atoms with E-state index in [2.05, 4.69) is 43.2 Å². The third kappa shape index (κ3) is 5.70. The van der Waals surface area contributed by atoms with Gasteiger partial charge in [0.15, 0.2) is 0 Å².